The van der Waals surface area contributed by atoms with Gasteiger partial charge in [-0.1, -0.05) is 24.3 Å². The number of benzene rings is 2. The van der Waals surface area contributed by atoms with Gasteiger partial charge in [-0.05, 0) is 43.2 Å². The van der Waals surface area contributed by atoms with Crippen molar-refractivity contribution in [1.82, 2.24) is 4.90 Å². The van der Waals surface area contributed by atoms with Gasteiger partial charge in [-0.2, -0.15) is 0 Å². The van der Waals surface area contributed by atoms with Crippen LogP contribution in [-0.4, -0.2) is 42.9 Å². The Bertz CT molecular complexity index is 893. The molecule has 0 radical (unpaired) electrons. The standard InChI is InChI=1S/C22H24FN3O2/c1-15-5-4-6-16(13-15)24-21(27)17-14-18(17)22(28)26-11-9-25(10-12-26)20-8-3-2-7-19(20)23/h2-8,13,17-18H,9-12,14H2,1H3,(H,24,27). The Labute approximate surface area is 164 Å². The molecular formula is C22H24FN3O2. The number of carbonyl (C=O) groups excluding carboxylic acids is 2. The first-order valence-corrected chi connectivity index (χ1v) is 9.69. The molecule has 0 bridgehead atoms. The molecule has 28 heavy (non-hydrogen) atoms. The van der Waals surface area contributed by atoms with E-state index in [9.17, 15) is 14.0 Å². The summed E-state index contributed by atoms with van der Waals surface area (Å²) in [6, 6.07) is 14.3. The maximum atomic E-state index is 13.9. The molecule has 4 rings (SSSR count). The molecule has 1 aliphatic carbocycles. The fourth-order valence-electron chi connectivity index (χ4n) is 3.83. The third-order valence-electron chi connectivity index (χ3n) is 5.51. The zero-order valence-corrected chi connectivity index (χ0v) is 15.9. The van der Waals surface area contributed by atoms with Crippen molar-refractivity contribution >= 4 is 23.2 Å². The van der Waals surface area contributed by atoms with Crippen molar-refractivity contribution in [1.29, 1.82) is 0 Å². The van der Waals surface area contributed by atoms with Gasteiger partial charge in [0.15, 0.2) is 0 Å². The molecule has 1 N–H and O–H groups in total. The van der Waals surface area contributed by atoms with Gasteiger partial charge >= 0.3 is 0 Å². The molecule has 6 heteroatoms. The Morgan fingerprint density at radius 2 is 1.75 bits per heavy atom. The lowest BCUT2D eigenvalue weighted by molar-refractivity contribution is -0.134. The summed E-state index contributed by atoms with van der Waals surface area (Å²) in [6.45, 7) is 4.27. The van der Waals surface area contributed by atoms with Crippen LogP contribution in [0.1, 0.15) is 12.0 Å². The number of carbonyl (C=O) groups is 2. The Morgan fingerprint density at radius 1 is 1.00 bits per heavy atom. The SMILES string of the molecule is Cc1cccc(NC(=O)C2CC2C(=O)N2CCN(c3ccccc3F)CC2)c1. The average Bonchev–Trinajstić information content (AvgIpc) is 3.49. The van der Waals surface area contributed by atoms with Crippen molar-refractivity contribution < 1.29 is 14.0 Å². The van der Waals surface area contributed by atoms with Gasteiger partial charge in [0, 0.05) is 31.9 Å². The molecule has 2 aromatic rings. The van der Waals surface area contributed by atoms with E-state index in [0.717, 1.165) is 11.3 Å². The van der Waals surface area contributed by atoms with Crippen LogP contribution in [0.15, 0.2) is 48.5 Å². The molecule has 2 aromatic carbocycles. The predicted molar refractivity (Wildman–Crippen MR) is 107 cm³/mol. The van der Waals surface area contributed by atoms with Crippen LogP contribution in [0.3, 0.4) is 0 Å². The van der Waals surface area contributed by atoms with E-state index >= 15 is 0 Å². The fraction of sp³-hybridized carbons (Fsp3) is 0.364. The third kappa shape index (κ3) is 3.86. The first kappa shape index (κ1) is 18.5. The van der Waals surface area contributed by atoms with Crippen LogP contribution in [-0.2, 0) is 9.59 Å². The number of halogens is 1. The Hall–Kier alpha value is -2.89. The molecular weight excluding hydrogens is 357 g/mol. The summed E-state index contributed by atoms with van der Waals surface area (Å²) in [5.74, 6) is -0.772. The number of anilines is 2. The number of hydrogen-bond donors (Lipinski definition) is 1. The number of amides is 2. The monoisotopic (exact) mass is 381 g/mol. The van der Waals surface area contributed by atoms with Gasteiger partial charge in [0.05, 0.1) is 17.5 Å². The van der Waals surface area contributed by atoms with Crippen molar-refractivity contribution in [2.45, 2.75) is 13.3 Å². The first-order chi connectivity index (χ1) is 13.5. The lowest BCUT2D eigenvalue weighted by Gasteiger charge is -2.36. The molecule has 1 heterocycles. The molecule has 2 amide bonds. The number of nitrogens with one attached hydrogen (secondary N) is 1. The van der Waals surface area contributed by atoms with Crippen molar-refractivity contribution in [3.63, 3.8) is 0 Å². The Morgan fingerprint density at radius 3 is 2.46 bits per heavy atom. The van der Waals surface area contributed by atoms with E-state index in [2.05, 4.69) is 5.32 Å². The average molecular weight is 381 g/mol. The Kier molecular flexibility index (Phi) is 5.03. The number of rotatable bonds is 4. The summed E-state index contributed by atoms with van der Waals surface area (Å²) < 4.78 is 13.9. The van der Waals surface area contributed by atoms with E-state index in [4.69, 9.17) is 0 Å². The molecule has 1 saturated heterocycles. The molecule has 2 unspecified atom stereocenters. The molecule has 146 valence electrons. The molecule has 1 aliphatic heterocycles. The molecule has 2 fully saturated rings. The van der Waals surface area contributed by atoms with Crippen molar-refractivity contribution in [2.24, 2.45) is 11.8 Å². The highest BCUT2D eigenvalue weighted by Crippen LogP contribution is 2.41. The quantitative estimate of drug-likeness (QED) is 0.886. The second kappa shape index (κ2) is 7.62. The largest absolute Gasteiger partial charge is 0.366 e. The minimum Gasteiger partial charge on any atom is -0.366 e. The zero-order valence-electron chi connectivity index (χ0n) is 15.9. The van der Waals surface area contributed by atoms with E-state index in [-0.39, 0.29) is 29.5 Å². The van der Waals surface area contributed by atoms with Crippen LogP contribution in [0.5, 0.6) is 0 Å². The maximum absolute atomic E-state index is 13.9. The second-order valence-electron chi connectivity index (χ2n) is 7.57. The normalized spacial score (nSPS) is 21.4. The first-order valence-electron chi connectivity index (χ1n) is 9.69. The summed E-state index contributed by atoms with van der Waals surface area (Å²) in [5, 5.41) is 2.91. The van der Waals surface area contributed by atoms with Gasteiger partial charge in [-0.3, -0.25) is 9.59 Å². The van der Waals surface area contributed by atoms with Crippen molar-refractivity contribution in [3.05, 3.63) is 59.9 Å². The van der Waals surface area contributed by atoms with E-state index in [0.29, 0.717) is 38.3 Å². The van der Waals surface area contributed by atoms with Crippen LogP contribution >= 0.6 is 0 Å². The highest BCUT2D eigenvalue weighted by Gasteiger charge is 2.49. The summed E-state index contributed by atoms with van der Waals surface area (Å²) in [7, 11) is 0. The van der Waals surface area contributed by atoms with Gasteiger partial charge in [-0.25, -0.2) is 4.39 Å². The Balaban J connectivity index is 1.29. The van der Waals surface area contributed by atoms with Gasteiger partial charge in [0.1, 0.15) is 5.82 Å². The highest BCUT2D eigenvalue weighted by molar-refractivity contribution is 5.99. The molecule has 5 nitrogen and oxygen atoms in total. The number of piperazine rings is 1. The number of hydrogen-bond acceptors (Lipinski definition) is 3. The molecule has 0 spiro atoms. The molecule has 1 saturated carbocycles. The second-order valence-corrected chi connectivity index (χ2v) is 7.57. The van der Waals surface area contributed by atoms with Crippen LogP contribution in [0.25, 0.3) is 0 Å². The van der Waals surface area contributed by atoms with E-state index in [1.807, 2.05) is 47.1 Å². The van der Waals surface area contributed by atoms with Gasteiger partial charge < -0.3 is 15.1 Å². The minimum atomic E-state index is -0.252. The molecule has 2 atom stereocenters. The summed E-state index contributed by atoms with van der Waals surface area (Å²) in [6.07, 6.45) is 0.601. The van der Waals surface area contributed by atoms with Crippen LogP contribution in [0.4, 0.5) is 15.8 Å². The van der Waals surface area contributed by atoms with Crippen molar-refractivity contribution in [3.8, 4) is 0 Å². The third-order valence-corrected chi connectivity index (χ3v) is 5.51. The summed E-state index contributed by atoms with van der Waals surface area (Å²) in [5.41, 5.74) is 2.42. The van der Waals surface area contributed by atoms with Gasteiger partial charge in [0.2, 0.25) is 11.8 Å². The minimum absolute atomic E-state index is 0.0394. The molecule has 2 aliphatic rings. The fourth-order valence-corrected chi connectivity index (χ4v) is 3.83. The van der Waals surface area contributed by atoms with Crippen molar-refractivity contribution in [2.75, 3.05) is 36.4 Å². The summed E-state index contributed by atoms with van der Waals surface area (Å²) >= 11 is 0. The zero-order chi connectivity index (χ0) is 19.7. The lowest BCUT2D eigenvalue weighted by Crippen LogP contribution is -2.49. The molecule has 0 aromatic heterocycles. The summed E-state index contributed by atoms with van der Waals surface area (Å²) in [4.78, 5) is 28.9. The van der Waals surface area contributed by atoms with E-state index < -0.39 is 0 Å². The van der Waals surface area contributed by atoms with Crippen LogP contribution < -0.4 is 10.2 Å². The van der Waals surface area contributed by atoms with Crippen LogP contribution in [0, 0.1) is 24.6 Å². The smallest absolute Gasteiger partial charge is 0.228 e. The van der Waals surface area contributed by atoms with Gasteiger partial charge in [0.25, 0.3) is 0 Å². The van der Waals surface area contributed by atoms with E-state index in [1.54, 1.807) is 12.1 Å². The number of aryl methyl sites for hydroxylation is 1. The highest BCUT2D eigenvalue weighted by atomic mass is 19.1. The van der Waals surface area contributed by atoms with Gasteiger partial charge in [-0.15, -0.1) is 0 Å². The lowest BCUT2D eigenvalue weighted by atomic mass is 10.2. The number of nitrogens with zero attached hydrogens (tertiary/aromatic N) is 2. The van der Waals surface area contributed by atoms with E-state index in [1.165, 1.54) is 6.07 Å². The van der Waals surface area contributed by atoms with Crippen LogP contribution in [0.2, 0.25) is 0 Å². The number of para-hydroxylation sites is 1. The maximum Gasteiger partial charge on any atom is 0.228 e. The topological polar surface area (TPSA) is 52.7 Å². The predicted octanol–water partition coefficient (Wildman–Crippen LogP) is 3.06.